The Hall–Kier alpha value is -2.25. The second kappa shape index (κ2) is 6.36. The molecule has 0 unspecified atom stereocenters. The number of urea groups is 1. The Morgan fingerprint density at radius 2 is 1.59 bits per heavy atom. The number of carbonyl (C=O) groups excluding carboxylic acids is 1. The fraction of sp³-hybridized carbons (Fsp3) is 0.111. The van der Waals surface area contributed by atoms with E-state index < -0.39 is 18.2 Å². The number of nitrogens with one attached hydrogen (secondary N) is 1. The van der Waals surface area contributed by atoms with Gasteiger partial charge in [-0.05, 0) is 12.1 Å². The molecule has 0 aliphatic heterocycles. The van der Waals surface area contributed by atoms with Crippen LogP contribution in [0, 0.1) is 0 Å². The maximum absolute atomic E-state index is 10.6. The first kappa shape index (κ1) is 14.8. The number of carbonyl (C=O) groups is 2. The molecule has 0 aliphatic rings. The molecule has 0 aliphatic carbocycles. The molecule has 0 atom stereocenters. The van der Waals surface area contributed by atoms with Gasteiger partial charge in [-0.25, -0.2) is 9.59 Å². The molecule has 2 amide bonds. The van der Waals surface area contributed by atoms with Crippen LogP contribution < -0.4 is 11.1 Å². The smallest absolute Gasteiger partial charge is 0.475 e. The van der Waals surface area contributed by atoms with Crippen molar-refractivity contribution in [1.82, 2.24) is 0 Å². The number of amides is 2. The third-order valence-corrected chi connectivity index (χ3v) is 1.28. The highest BCUT2D eigenvalue weighted by atomic mass is 19.4. The van der Waals surface area contributed by atoms with E-state index in [0.717, 1.165) is 5.69 Å². The van der Waals surface area contributed by atoms with Gasteiger partial charge in [0.05, 0.1) is 0 Å². The lowest BCUT2D eigenvalue weighted by Crippen LogP contribution is -2.21. The SMILES string of the molecule is NC(=O)Nc1ccccc1.O=C(O)C(F)(F)F. The van der Waals surface area contributed by atoms with Crippen molar-refractivity contribution in [3.63, 3.8) is 0 Å². The predicted octanol–water partition coefficient (Wildman–Crippen LogP) is 1.81. The topological polar surface area (TPSA) is 92.4 Å². The van der Waals surface area contributed by atoms with Crippen LogP contribution in [0.4, 0.5) is 23.7 Å². The van der Waals surface area contributed by atoms with E-state index in [0.29, 0.717) is 0 Å². The number of para-hydroxylation sites is 1. The molecule has 1 aromatic rings. The maximum Gasteiger partial charge on any atom is 0.490 e. The molecular formula is C9H9F3N2O3. The van der Waals surface area contributed by atoms with Crippen LogP contribution in [0.25, 0.3) is 0 Å². The van der Waals surface area contributed by atoms with Gasteiger partial charge in [0.2, 0.25) is 0 Å². The quantitative estimate of drug-likeness (QED) is 0.709. The fourth-order valence-electron chi connectivity index (χ4n) is 0.664. The molecule has 0 saturated carbocycles. The van der Waals surface area contributed by atoms with Crippen LogP contribution >= 0.6 is 0 Å². The zero-order valence-electron chi connectivity index (χ0n) is 8.36. The van der Waals surface area contributed by atoms with Crippen LogP contribution in [0.5, 0.6) is 0 Å². The number of anilines is 1. The van der Waals surface area contributed by atoms with E-state index in [9.17, 15) is 18.0 Å². The van der Waals surface area contributed by atoms with Crippen molar-refractivity contribution in [2.45, 2.75) is 6.18 Å². The van der Waals surface area contributed by atoms with Crippen molar-refractivity contribution in [2.24, 2.45) is 5.73 Å². The Labute approximate surface area is 94.0 Å². The Bertz CT molecular complexity index is 379. The van der Waals surface area contributed by atoms with Crippen molar-refractivity contribution in [3.8, 4) is 0 Å². The van der Waals surface area contributed by atoms with Gasteiger partial charge in [0.25, 0.3) is 0 Å². The summed E-state index contributed by atoms with van der Waals surface area (Å²) in [4.78, 5) is 19.2. The van der Waals surface area contributed by atoms with Crippen molar-refractivity contribution in [1.29, 1.82) is 0 Å². The highest BCUT2D eigenvalue weighted by Crippen LogP contribution is 2.13. The van der Waals surface area contributed by atoms with Gasteiger partial charge in [0.15, 0.2) is 0 Å². The summed E-state index contributed by atoms with van der Waals surface area (Å²) in [5.74, 6) is -2.76. The number of alkyl halides is 3. The van der Waals surface area contributed by atoms with Crippen molar-refractivity contribution >= 4 is 17.7 Å². The first-order valence-electron chi connectivity index (χ1n) is 4.15. The van der Waals surface area contributed by atoms with E-state index in [1.54, 1.807) is 12.1 Å². The van der Waals surface area contributed by atoms with Crippen LogP contribution in [0.2, 0.25) is 0 Å². The minimum Gasteiger partial charge on any atom is -0.475 e. The molecular weight excluding hydrogens is 241 g/mol. The minimum absolute atomic E-state index is 0.536. The molecule has 0 spiro atoms. The van der Waals surface area contributed by atoms with Gasteiger partial charge >= 0.3 is 18.2 Å². The number of benzene rings is 1. The molecule has 0 aromatic heterocycles. The zero-order chi connectivity index (χ0) is 13.5. The molecule has 94 valence electrons. The first-order chi connectivity index (χ1) is 7.73. The molecule has 1 aromatic carbocycles. The molecule has 0 saturated heterocycles. The van der Waals surface area contributed by atoms with Gasteiger partial charge in [0, 0.05) is 5.69 Å². The number of carboxylic acid groups (broad SMARTS) is 1. The Kier molecular flexibility index (Phi) is 5.52. The number of halogens is 3. The molecule has 0 heterocycles. The number of aliphatic carboxylic acids is 1. The Morgan fingerprint density at radius 3 is 1.88 bits per heavy atom. The number of hydrogen-bond acceptors (Lipinski definition) is 2. The Balaban J connectivity index is 0.000000325. The summed E-state index contributed by atoms with van der Waals surface area (Å²) in [5.41, 5.74) is 5.59. The van der Waals surface area contributed by atoms with Crippen molar-refractivity contribution < 1.29 is 27.9 Å². The van der Waals surface area contributed by atoms with Crippen LogP contribution in [0.1, 0.15) is 0 Å². The third-order valence-electron chi connectivity index (χ3n) is 1.28. The van der Waals surface area contributed by atoms with Gasteiger partial charge in [-0.1, -0.05) is 18.2 Å². The molecule has 8 heteroatoms. The van der Waals surface area contributed by atoms with E-state index in [2.05, 4.69) is 5.32 Å². The fourth-order valence-corrected chi connectivity index (χ4v) is 0.664. The highest BCUT2D eigenvalue weighted by Gasteiger charge is 2.38. The van der Waals surface area contributed by atoms with Crippen LogP contribution in [0.15, 0.2) is 30.3 Å². The summed E-state index contributed by atoms with van der Waals surface area (Å²) in [6.45, 7) is 0. The monoisotopic (exact) mass is 250 g/mol. The van der Waals surface area contributed by atoms with Crippen LogP contribution in [-0.4, -0.2) is 23.3 Å². The first-order valence-corrected chi connectivity index (χ1v) is 4.15. The van der Waals surface area contributed by atoms with Gasteiger partial charge in [-0.2, -0.15) is 13.2 Å². The van der Waals surface area contributed by atoms with Gasteiger partial charge in [-0.3, -0.25) is 0 Å². The lowest BCUT2D eigenvalue weighted by atomic mass is 10.3. The molecule has 1 rings (SSSR count). The van der Waals surface area contributed by atoms with Crippen LogP contribution in [0.3, 0.4) is 0 Å². The highest BCUT2D eigenvalue weighted by molar-refractivity contribution is 5.87. The number of carboxylic acids is 1. The van der Waals surface area contributed by atoms with E-state index >= 15 is 0 Å². The van der Waals surface area contributed by atoms with Gasteiger partial charge in [0.1, 0.15) is 0 Å². The van der Waals surface area contributed by atoms with E-state index in [1.807, 2.05) is 18.2 Å². The van der Waals surface area contributed by atoms with Crippen molar-refractivity contribution in [3.05, 3.63) is 30.3 Å². The lowest BCUT2D eigenvalue weighted by Gasteiger charge is -1.97. The summed E-state index contributed by atoms with van der Waals surface area (Å²) in [7, 11) is 0. The normalized spacial score (nSPS) is 9.82. The van der Waals surface area contributed by atoms with E-state index in [1.165, 1.54) is 0 Å². The summed E-state index contributed by atoms with van der Waals surface area (Å²) in [5, 5.41) is 9.57. The van der Waals surface area contributed by atoms with Gasteiger partial charge < -0.3 is 16.2 Å². The third kappa shape index (κ3) is 7.65. The Morgan fingerprint density at radius 1 is 1.18 bits per heavy atom. The second-order valence-corrected chi connectivity index (χ2v) is 2.66. The number of primary amides is 1. The molecule has 0 bridgehead atoms. The second-order valence-electron chi connectivity index (χ2n) is 2.66. The molecule has 5 nitrogen and oxygen atoms in total. The summed E-state index contributed by atoms with van der Waals surface area (Å²) >= 11 is 0. The average molecular weight is 250 g/mol. The van der Waals surface area contributed by atoms with Gasteiger partial charge in [-0.15, -0.1) is 0 Å². The predicted molar refractivity (Wildman–Crippen MR) is 53.3 cm³/mol. The van der Waals surface area contributed by atoms with E-state index in [4.69, 9.17) is 15.6 Å². The standard InChI is InChI=1S/C7H8N2O.C2HF3O2/c8-7(10)9-6-4-2-1-3-5-6;3-2(4,5)1(6)7/h1-5H,(H3,8,9,10);(H,6,7). The summed E-state index contributed by atoms with van der Waals surface area (Å²) in [6.07, 6.45) is -5.08. The largest absolute Gasteiger partial charge is 0.490 e. The number of rotatable bonds is 1. The lowest BCUT2D eigenvalue weighted by molar-refractivity contribution is -0.192. The molecule has 0 fully saturated rings. The minimum atomic E-state index is -5.08. The average Bonchev–Trinajstić information content (AvgIpc) is 2.17. The molecule has 17 heavy (non-hydrogen) atoms. The zero-order valence-corrected chi connectivity index (χ0v) is 8.36. The molecule has 4 N–H and O–H groups in total. The van der Waals surface area contributed by atoms with Crippen molar-refractivity contribution in [2.75, 3.05) is 5.32 Å². The summed E-state index contributed by atoms with van der Waals surface area (Å²) in [6, 6.07) is 8.52. The molecule has 0 radical (unpaired) electrons. The summed E-state index contributed by atoms with van der Waals surface area (Å²) < 4.78 is 31.7. The maximum atomic E-state index is 10.6. The number of nitrogens with two attached hydrogens (primary N) is 1. The van der Waals surface area contributed by atoms with Crippen LogP contribution in [-0.2, 0) is 4.79 Å². The number of hydrogen-bond donors (Lipinski definition) is 3. The van der Waals surface area contributed by atoms with E-state index in [-0.39, 0.29) is 0 Å².